The number of carbonyl (C=O) groups excluding carboxylic acids is 1. The minimum atomic E-state index is -0.0546. The van der Waals surface area contributed by atoms with Crippen molar-refractivity contribution < 1.29 is 14.3 Å². The van der Waals surface area contributed by atoms with E-state index in [1.165, 1.54) is 0 Å². The summed E-state index contributed by atoms with van der Waals surface area (Å²) < 4.78 is 10.6. The molecule has 1 aromatic heterocycles. The molecule has 0 bridgehead atoms. The van der Waals surface area contributed by atoms with E-state index < -0.39 is 0 Å². The Morgan fingerprint density at radius 3 is 2.19 bits per heavy atom. The van der Waals surface area contributed by atoms with Crippen molar-refractivity contribution in [2.45, 2.75) is 46.5 Å². The molecule has 6 N–H and O–H groups in total. The van der Waals surface area contributed by atoms with Gasteiger partial charge in [-0.05, 0) is 36.5 Å². The highest BCUT2D eigenvalue weighted by atomic mass is 16.5. The van der Waals surface area contributed by atoms with Crippen molar-refractivity contribution in [1.29, 1.82) is 0 Å². The van der Waals surface area contributed by atoms with Crippen LogP contribution >= 0.6 is 0 Å². The van der Waals surface area contributed by atoms with Crippen LogP contribution in [0.25, 0.3) is 0 Å². The van der Waals surface area contributed by atoms with Gasteiger partial charge in [-0.15, -0.1) is 0 Å². The van der Waals surface area contributed by atoms with Crippen LogP contribution in [0.15, 0.2) is 24.3 Å². The maximum atomic E-state index is 12.2. The number of nitrogens with zero attached hydrogens (tertiary/aromatic N) is 3. The molecule has 0 unspecified atom stereocenters. The zero-order valence-corrected chi connectivity index (χ0v) is 22.5. The molecule has 0 radical (unpaired) electrons. The number of nitrogens with two attached hydrogens (primary N) is 1. The molecule has 0 spiro atoms. The number of carbonyl (C=O) groups is 1. The number of hydrogen-bond acceptors (Lipinski definition) is 10. The lowest BCUT2D eigenvalue weighted by atomic mass is 10.1. The van der Waals surface area contributed by atoms with Crippen molar-refractivity contribution in [3.05, 3.63) is 29.8 Å². The standard InChI is InChI=1S/C26H44N8O3/c1-4-5-12-29-24-32-25(30-13-10-20(2)3)34-26(33-24)31-22-8-6-21(7-9-22)19-23(35)28-14-16-37-18-17-36-15-11-27/h6-9,20H,4-5,10-19,27H2,1-3H3,(H,28,35)(H3,29,30,31,32,33,34). The Hall–Kier alpha value is -3.02. The molecule has 2 aromatic rings. The molecule has 0 fully saturated rings. The minimum absolute atomic E-state index is 0.0546. The fraction of sp³-hybridized carbons (Fsp3) is 0.615. The molecule has 0 saturated heterocycles. The molecule has 1 aromatic carbocycles. The van der Waals surface area contributed by atoms with Crippen molar-refractivity contribution >= 4 is 29.4 Å². The number of benzene rings is 1. The first-order valence-corrected chi connectivity index (χ1v) is 13.2. The summed E-state index contributed by atoms with van der Waals surface area (Å²) in [4.78, 5) is 25.7. The van der Waals surface area contributed by atoms with Gasteiger partial charge < -0.3 is 36.5 Å². The van der Waals surface area contributed by atoms with Gasteiger partial charge in [0.15, 0.2) is 0 Å². The molecule has 206 valence electrons. The smallest absolute Gasteiger partial charge is 0.233 e. The van der Waals surface area contributed by atoms with E-state index >= 15 is 0 Å². The summed E-state index contributed by atoms with van der Waals surface area (Å²) in [6.07, 6.45) is 3.45. The van der Waals surface area contributed by atoms with Gasteiger partial charge in [0.05, 0.1) is 32.8 Å². The van der Waals surface area contributed by atoms with Crippen LogP contribution in [-0.2, 0) is 20.7 Å². The Morgan fingerprint density at radius 1 is 0.892 bits per heavy atom. The number of anilines is 4. The summed E-state index contributed by atoms with van der Waals surface area (Å²) in [6.45, 7) is 11.0. The van der Waals surface area contributed by atoms with Gasteiger partial charge in [0.1, 0.15) is 0 Å². The molecule has 0 atom stereocenters. The van der Waals surface area contributed by atoms with Crippen LogP contribution in [0.3, 0.4) is 0 Å². The van der Waals surface area contributed by atoms with E-state index in [0.29, 0.717) is 69.7 Å². The number of nitrogens with one attached hydrogen (secondary N) is 4. The normalized spacial score (nSPS) is 10.9. The van der Waals surface area contributed by atoms with Crippen molar-refractivity contribution in [3.8, 4) is 0 Å². The van der Waals surface area contributed by atoms with Crippen LogP contribution < -0.4 is 27.0 Å². The van der Waals surface area contributed by atoms with Gasteiger partial charge in [0, 0.05) is 31.9 Å². The first-order valence-electron chi connectivity index (χ1n) is 13.2. The van der Waals surface area contributed by atoms with E-state index in [2.05, 4.69) is 57.0 Å². The molecule has 0 aliphatic carbocycles. The minimum Gasteiger partial charge on any atom is -0.378 e. The van der Waals surface area contributed by atoms with Gasteiger partial charge in [-0.2, -0.15) is 15.0 Å². The zero-order valence-electron chi connectivity index (χ0n) is 22.5. The Morgan fingerprint density at radius 2 is 1.54 bits per heavy atom. The van der Waals surface area contributed by atoms with E-state index in [-0.39, 0.29) is 5.91 Å². The average molecular weight is 517 g/mol. The summed E-state index contributed by atoms with van der Waals surface area (Å²) in [6, 6.07) is 7.65. The number of ether oxygens (including phenoxy) is 2. The van der Waals surface area contributed by atoms with Crippen LogP contribution in [0.4, 0.5) is 23.5 Å². The Labute approximate surface area is 220 Å². The molecule has 11 heteroatoms. The summed E-state index contributed by atoms with van der Waals surface area (Å²) in [5, 5.41) is 12.7. The van der Waals surface area contributed by atoms with Gasteiger partial charge in [0.2, 0.25) is 23.8 Å². The van der Waals surface area contributed by atoms with Gasteiger partial charge in [-0.25, -0.2) is 0 Å². The number of unbranched alkanes of at least 4 members (excludes halogenated alkanes) is 1. The molecule has 0 aliphatic rings. The SMILES string of the molecule is CCCCNc1nc(NCCC(C)C)nc(Nc2ccc(CC(=O)NCCOCCOCCN)cc2)n1. The second-order valence-electron chi connectivity index (χ2n) is 9.06. The highest BCUT2D eigenvalue weighted by molar-refractivity contribution is 5.78. The Bertz CT molecular complexity index is 896. The lowest BCUT2D eigenvalue weighted by Crippen LogP contribution is -2.29. The second-order valence-corrected chi connectivity index (χ2v) is 9.06. The Kier molecular flexibility index (Phi) is 14.9. The largest absolute Gasteiger partial charge is 0.378 e. The fourth-order valence-corrected chi connectivity index (χ4v) is 3.19. The fourth-order valence-electron chi connectivity index (χ4n) is 3.19. The lowest BCUT2D eigenvalue weighted by Gasteiger charge is -2.12. The van der Waals surface area contributed by atoms with E-state index in [1.807, 2.05) is 24.3 Å². The predicted molar refractivity (Wildman–Crippen MR) is 148 cm³/mol. The molecular formula is C26H44N8O3. The maximum Gasteiger partial charge on any atom is 0.233 e. The number of hydrogen-bond donors (Lipinski definition) is 5. The van der Waals surface area contributed by atoms with Crippen LogP contribution in [-0.4, -0.2) is 73.5 Å². The van der Waals surface area contributed by atoms with Crippen molar-refractivity contribution in [1.82, 2.24) is 20.3 Å². The monoisotopic (exact) mass is 516 g/mol. The zero-order chi connectivity index (χ0) is 26.7. The van der Waals surface area contributed by atoms with Gasteiger partial charge >= 0.3 is 0 Å². The highest BCUT2D eigenvalue weighted by Crippen LogP contribution is 2.17. The molecule has 0 saturated carbocycles. The van der Waals surface area contributed by atoms with Crippen molar-refractivity contribution in [3.63, 3.8) is 0 Å². The first kappa shape index (κ1) is 30.2. The first-order chi connectivity index (χ1) is 18.0. The lowest BCUT2D eigenvalue weighted by molar-refractivity contribution is -0.120. The summed E-state index contributed by atoms with van der Waals surface area (Å²) >= 11 is 0. The van der Waals surface area contributed by atoms with Gasteiger partial charge in [-0.1, -0.05) is 39.3 Å². The van der Waals surface area contributed by atoms with E-state index in [0.717, 1.165) is 43.6 Å². The van der Waals surface area contributed by atoms with Crippen LogP contribution in [0.5, 0.6) is 0 Å². The molecule has 1 heterocycles. The van der Waals surface area contributed by atoms with Crippen LogP contribution in [0.1, 0.15) is 45.6 Å². The van der Waals surface area contributed by atoms with Crippen LogP contribution in [0.2, 0.25) is 0 Å². The third-order valence-electron chi connectivity index (χ3n) is 5.23. The van der Waals surface area contributed by atoms with Gasteiger partial charge in [-0.3, -0.25) is 4.79 Å². The predicted octanol–water partition coefficient (Wildman–Crippen LogP) is 2.94. The topological polar surface area (TPSA) is 148 Å². The molecule has 11 nitrogen and oxygen atoms in total. The molecule has 0 aliphatic heterocycles. The third-order valence-corrected chi connectivity index (χ3v) is 5.23. The molecule has 37 heavy (non-hydrogen) atoms. The average Bonchev–Trinajstić information content (AvgIpc) is 2.87. The maximum absolute atomic E-state index is 12.2. The quantitative estimate of drug-likeness (QED) is 0.166. The Balaban J connectivity index is 1.84. The number of aromatic nitrogens is 3. The number of rotatable bonds is 20. The molecule has 1 amide bonds. The number of amides is 1. The van der Waals surface area contributed by atoms with Crippen molar-refractivity contribution in [2.24, 2.45) is 11.7 Å². The van der Waals surface area contributed by atoms with E-state index in [1.54, 1.807) is 0 Å². The summed E-state index contributed by atoms with van der Waals surface area (Å²) in [7, 11) is 0. The third kappa shape index (κ3) is 13.7. The highest BCUT2D eigenvalue weighted by Gasteiger charge is 2.08. The van der Waals surface area contributed by atoms with Crippen LogP contribution in [0, 0.1) is 5.92 Å². The van der Waals surface area contributed by atoms with E-state index in [9.17, 15) is 4.79 Å². The molecular weight excluding hydrogens is 472 g/mol. The summed E-state index contributed by atoms with van der Waals surface area (Å²) in [5.41, 5.74) is 7.09. The van der Waals surface area contributed by atoms with Crippen molar-refractivity contribution in [2.75, 3.05) is 68.6 Å². The van der Waals surface area contributed by atoms with E-state index in [4.69, 9.17) is 15.2 Å². The second kappa shape index (κ2) is 18.3. The summed E-state index contributed by atoms with van der Waals surface area (Å²) in [5.74, 6) is 2.08. The van der Waals surface area contributed by atoms with Gasteiger partial charge in [0.25, 0.3) is 0 Å². The molecule has 2 rings (SSSR count).